The lowest BCUT2D eigenvalue weighted by Gasteiger charge is -2.33. The molecule has 0 saturated carbocycles. The van der Waals surface area contributed by atoms with Gasteiger partial charge in [-0.2, -0.15) is 10.2 Å². The molecule has 0 unspecified atom stereocenters. The standard InChI is InChI=1S/C25H26N8O/c1-16-5-4-6-18-11-21(29-33(16)18)24-23-20(26-15-27-23)9-10-31(24)25(34)19-12-28-32-14-17(13-30(2)3)7-8-22(19)32/h4-8,11-12,14-15,24H,9-10,13H2,1-3H3,(H,26,27)/t24-/m0/s1. The summed E-state index contributed by atoms with van der Waals surface area (Å²) < 4.78 is 3.71. The predicted molar refractivity (Wildman–Crippen MR) is 128 cm³/mol. The van der Waals surface area contributed by atoms with Crippen LogP contribution in [0.2, 0.25) is 0 Å². The van der Waals surface area contributed by atoms with Crippen molar-refractivity contribution in [1.29, 1.82) is 0 Å². The Bertz CT molecular complexity index is 1520. The van der Waals surface area contributed by atoms with Gasteiger partial charge in [-0.3, -0.25) is 4.79 Å². The van der Waals surface area contributed by atoms with Crippen LogP contribution in [0.4, 0.5) is 0 Å². The maximum atomic E-state index is 13.9. The molecule has 0 bridgehead atoms. The lowest BCUT2D eigenvalue weighted by Crippen LogP contribution is -2.41. The number of aromatic amines is 1. The Labute approximate surface area is 196 Å². The number of carbonyl (C=O) groups excluding carboxylic acids is 1. The van der Waals surface area contributed by atoms with E-state index in [9.17, 15) is 4.79 Å². The molecule has 5 aromatic rings. The molecule has 0 aromatic carbocycles. The quantitative estimate of drug-likeness (QED) is 0.451. The summed E-state index contributed by atoms with van der Waals surface area (Å²) in [7, 11) is 4.06. The number of amides is 1. The first-order valence-electron chi connectivity index (χ1n) is 11.4. The van der Waals surface area contributed by atoms with E-state index in [1.54, 1.807) is 17.0 Å². The zero-order valence-corrected chi connectivity index (χ0v) is 19.4. The Morgan fingerprint density at radius 2 is 2.12 bits per heavy atom. The van der Waals surface area contributed by atoms with Gasteiger partial charge in [-0.1, -0.05) is 12.1 Å². The highest BCUT2D eigenvalue weighted by Crippen LogP contribution is 2.35. The molecule has 0 radical (unpaired) electrons. The SMILES string of the molecule is Cc1cccc2cc([C@H]3c4nc[nH]c4CCN3C(=O)c3cnn4cc(CN(C)C)ccc34)nn12. The molecular formula is C25H26N8O. The van der Waals surface area contributed by atoms with Gasteiger partial charge < -0.3 is 14.8 Å². The smallest absolute Gasteiger partial charge is 0.258 e. The number of pyridine rings is 2. The predicted octanol–water partition coefficient (Wildman–Crippen LogP) is 2.86. The van der Waals surface area contributed by atoms with Gasteiger partial charge in [0.2, 0.25) is 0 Å². The van der Waals surface area contributed by atoms with E-state index < -0.39 is 0 Å². The van der Waals surface area contributed by atoms with Crippen LogP contribution >= 0.6 is 0 Å². The minimum atomic E-state index is -0.371. The summed E-state index contributed by atoms with van der Waals surface area (Å²) >= 11 is 0. The maximum absolute atomic E-state index is 13.9. The Balaban J connectivity index is 1.42. The third kappa shape index (κ3) is 3.28. The molecule has 9 nitrogen and oxygen atoms in total. The second-order valence-electron chi connectivity index (χ2n) is 9.15. The van der Waals surface area contributed by atoms with Gasteiger partial charge in [-0.15, -0.1) is 0 Å². The van der Waals surface area contributed by atoms with Crippen molar-refractivity contribution in [3.05, 3.63) is 89.0 Å². The summed E-state index contributed by atoms with van der Waals surface area (Å²) in [6.07, 6.45) is 6.07. The zero-order valence-electron chi connectivity index (χ0n) is 19.4. The molecule has 1 aliphatic rings. The van der Waals surface area contributed by atoms with Crippen LogP contribution < -0.4 is 0 Å². The van der Waals surface area contributed by atoms with E-state index >= 15 is 0 Å². The van der Waals surface area contributed by atoms with E-state index in [-0.39, 0.29) is 11.9 Å². The fraction of sp³-hybridized carbons (Fsp3) is 0.280. The third-order valence-corrected chi connectivity index (χ3v) is 6.47. The molecule has 6 heterocycles. The van der Waals surface area contributed by atoms with Crippen LogP contribution in [0, 0.1) is 6.92 Å². The highest BCUT2D eigenvalue weighted by molar-refractivity contribution is 6.01. The van der Waals surface area contributed by atoms with Gasteiger partial charge in [0, 0.05) is 37.1 Å². The van der Waals surface area contributed by atoms with E-state index in [1.165, 1.54) is 0 Å². The topological polar surface area (TPSA) is 86.8 Å². The fourth-order valence-corrected chi connectivity index (χ4v) is 4.91. The van der Waals surface area contributed by atoms with Crippen molar-refractivity contribution in [3.63, 3.8) is 0 Å². The summed E-state index contributed by atoms with van der Waals surface area (Å²) in [4.78, 5) is 25.8. The van der Waals surface area contributed by atoms with Crippen LogP contribution in [0.25, 0.3) is 11.0 Å². The zero-order chi connectivity index (χ0) is 23.4. The van der Waals surface area contributed by atoms with Crippen LogP contribution in [0.1, 0.15) is 44.7 Å². The lowest BCUT2D eigenvalue weighted by molar-refractivity contribution is 0.0689. The van der Waals surface area contributed by atoms with Crippen molar-refractivity contribution in [1.82, 2.24) is 39.0 Å². The van der Waals surface area contributed by atoms with Crippen molar-refractivity contribution in [2.45, 2.75) is 25.9 Å². The number of nitrogens with one attached hydrogen (secondary N) is 1. The number of aryl methyl sites for hydroxylation is 1. The number of nitrogens with zero attached hydrogens (tertiary/aromatic N) is 7. The molecular weight excluding hydrogens is 428 g/mol. The first-order valence-corrected chi connectivity index (χ1v) is 11.4. The minimum absolute atomic E-state index is 0.0669. The average molecular weight is 455 g/mol. The molecule has 1 N–H and O–H groups in total. The van der Waals surface area contributed by atoms with Crippen LogP contribution in [0.3, 0.4) is 0 Å². The number of hydrogen-bond acceptors (Lipinski definition) is 5. The van der Waals surface area contributed by atoms with Crippen molar-refractivity contribution in [2.24, 2.45) is 0 Å². The van der Waals surface area contributed by atoms with Crippen molar-refractivity contribution >= 4 is 16.9 Å². The van der Waals surface area contributed by atoms with Gasteiger partial charge in [0.1, 0.15) is 6.04 Å². The molecule has 6 rings (SSSR count). The van der Waals surface area contributed by atoms with Gasteiger partial charge in [0.25, 0.3) is 5.91 Å². The monoisotopic (exact) mass is 454 g/mol. The third-order valence-electron chi connectivity index (χ3n) is 6.47. The number of imidazole rings is 1. The van der Waals surface area contributed by atoms with E-state index in [2.05, 4.69) is 26.0 Å². The maximum Gasteiger partial charge on any atom is 0.258 e. The highest BCUT2D eigenvalue weighted by Gasteiger charge is 2.37. The molecule has 1 amide bonds. The summed E-state index contributed by atoms with van der Waals surface area (Å²) in [5.41, 5.74) is 7.26. The number of rotatable bonds is 4. The molecule has 9 heteroatoms. The molecule has 34 heavy (non-hydrogen) atoms. The van der Waals surface area contributed by atoms with Crippen molar-refractivity contribution in [3.8, 4) is 0 Å². The molecule has 0 spiro atoms. The minimum Gasteiger partial charge on any atom is -0.348 e. The van der Waals surface area contributed by atoms with Crippen LogP contribution in [0.15, 0.2) is 55.1 Å². The molecule has 5 aromatic heterocycles. The van der Waals surface area contributed by atoms with Gasteiger partial charge in [0.05, 0.1) is 40.5 Å². The van der Waals surface area contributed by atoms with E-state index in [0.29, 0.717) is 12.1 Å². The number of aromatic nitrogens is 6. The summed E-state index contributed by atoms with van der Waals surface area (Å²) in [5, 5.41) is 9.36. The second kappa shape index (κ2) is 7.81. The van der Waals surface area contributed by atoms with Crippen molar-refractivity contribution in [2.75, 3.05) is 20.6 Å². The number of H-pyrrole nitrogens is 1. The summed E-state index contributed by atoms with van der Waals surface area (Å²) in [6.45, 7) is 3.40. The normalized spacial score (nSPS) is 16.0. The summed E-state index contributed by atoms with van der Waals surface area (Å²) in [6, 6.07) is 11.8. The largest absolute Gasteiger partial charge is 0.348 e. The van der Waals surface area contributed by atoms with Gasteiger partial charge in [-0.25, -0.2) is 14.0 Å². The molecule has 1 aliphatic heterocycles. The van der Waals surface area contributed by atoms with Crippen LogP contribution in [-0.4, -0.2) is 65.5 Å². The average Bonchev–Trinajstić information content (AvgIpc) is 3.55. The number of fused-ring (bicyclic) bond motifs is 3. The van der Waals surface area contributed by atoms with E-state index in [0.717, 1.165) is 52.3 Å². The lowest BCUT2D eigenvalue weighted by atomic mass is 9.98. The van der Waals surface area contributed by atoms with Gasteiger partial charge in [0.15, 0.2) is 0 Å². The molecule has 0 saturated heterocycles. The number of carbonyl (C=O) groups is 1. The molecule has 0 fully saturated rings. The Kier molecular flexibility index (Phi) is 4.73. The molecule has 172 valence electrons. The first-order chi connectivity index (χ1) is 16.5. The van der Waals surface area contributed by atoms with Crippen molar-refractivity contribution < 1.29 is 4.79 Å². The molecule has 1 atom stereocenters. The van der Waals surface area contributed by atoms with Crippen LogP contribution in [0.5, 0.6) is 0 Å². The van der Waals surface area contributed by atoms with Gasteiger partial charge in [-0.05, 0) is 50.8 Å². The number of hydrogen-bond donors (Lipinski definition) is 1. The molecule has 0 aliphatic carbocycles. The fourth-order valence-electron chi connectivity index (χ4n) is 4.91. The van der Waals surface area contributed by atoms with E-state index in [1.807, 2.05) is 67.0 Å². The Morgan fingerprint density at radius 3 is 2.94 bits per heavy atom. The van der Waals surface area contributed by atoms with Gasteiger partial charge >= 0.3 is 0 Å². The first kappa shape index (κ1) is 20.6. The van der Waals surface area contributed by atoms with E-state index in [4.69, 9.17) is 5.10 Å². The Morgan fingerprint density at radius 1 is 1.24 bits per heavy atom. The van der Waals surface area contributed by atoms with Crippen LogP contribution in [-0.2, 0) is 13.0 Å². The Hall–Kier alpha value is -3.98. The highest BCUT2D eigenvalue weighted by atomic mass is 16.2. The summed E-state index contributed by atoms with van der Waals surface area (Å²) in [5.74, 6) is -0.0669. The second-order valence-corrected chi connectivity index (χ2v) is 9.15.